The molecule has 0 fully saturated rings. The fourth-order valence-corrected chi connectivity index (χ4v) is 2.13. The Kier molecular flexibility index (Phi) is 3.19. The fraction of sp³-hybridized carbons (Fsp3) is 0.100. The van der Waals surface area contributed by atoms with E-state index in [-0.39, 0.29) is 16.5 Å². The molecule has 0 saturated heterocycles. The summed E-state index contributed by atoms with van der Waals surface area (Å²) in [5.41, 5.74) is 0.0307. The van der Waals surface area contributed by atoms with E-state index in [9.17, 15) is 13.6 Å². The van der Waals surface area contributed by atoms with Crippen molar-refractivity contribution < 1.29 is 18.7 Å². The summed E-state index contributed by atoms with van der Waals surface area (Å²) >= 11 is 1.08. The van der Waals surface area contributed by atoms with E-state index < -0.39 is 17.9 Å². The van der Waals surface area contributed by atoms with Gasteiger partial charge in [-0.15, -0.1) is 11.3 Å². The molecular weight excluding hydrogens is 264 g/mol. The summed E-state index contributed by atoms with van der Waals surface area (Å²) < 4.78 is 25.7. The number of carboxylic acids is 1. The third-order valence-electron chi connectivity index (χ3n) is 2.01. The number of nitrogens with zero attached hydrogens (tertiary/aromatic N) is 2. The number of thiazole rings is 1. The topological polar surface area (TPSA) is 75.1 Å². The summed E-state index contributed by atoms with van der Waals surface area (Å²) in [5.74, 6) is -3.09. The van der Waals surface area contributed by atoms with Crippen molar-refractivity contribution in [1.29, 1.82) is 0 Å². The molecule has 0 bridgehead atoms. The summed E-state index contributed by atoms with van der Waals surface area (Å²) in [5, 5.41) is 11.7. The standard InChI is InChI=1S/C10H7F2N3O2S/c1-4-8(9(16)17)15-10(18-4)13-5-2-6(11)14-7(12)3-5/h2-3H,1H3,(H,16,17)(H,13,14,15). The zero-order valence-electron chi connectivity index (χ0n) is 9.07. The number of aryl methyl sites for hydroxylation is 1. The quantitative estimate of drug-likeness (QED) is 0.839. The van der Waals surface area contributed by atoms with Crippen LogP contribution in [0.2, 0.25) is 0 Å². The first-order valence-corrected chi connectivity index (χ1v) is 5.58. The SMILES string of the molecule is Cc1sc(Nc2cc(F)nc(F)c2)nc1C(=O)O. The molecule has 0 spiro atoms. The van der Waals surface area contributed by atoms with Crippen molar-refractivity contribution in [1.82, 2.24) is 9.97 Å². The highest BCUT2D eigenvalue weighted by Gasteiger charge is 2.14. The van der Waals surface area contributed by atoms with E-state index in [1.807, 2.05) is 0 Å². The Morgan fingerprint density at radius 3 is 2.44 bits per heavy atom. The van der Waals surface area contributed by atoms with Crippen molar-refractivity contribution in [3.8, 4) is 0 Å². The molecule has 0 amide bonds. The number of rotatable bonds is 3. The Morgan fingerprint density at radius 2 is 1.94 bits per heavy atom. The number of hydrogen-bond donors (Lipinski definition) is 2. The van der Waals surface area contributed by atoms with Crippen LogP contribution in [0.4, 0.5) is 19.6 Å². The van der Waals surface area contributed by atoms with Crippen LogP contribution in [-0.2, 0) is 0 Å². The molecule has 0 aliphatic heterocycles. The summed E-state index contributed by atoms with van der Waals surface area (Å²) in [7, 11) is 0. The number of hydrogen-bond acceptors (Lipinski definition) is 5. The van der Waals surface area contributed by atoms with Crippen LogP contribution in [0.5, 0.6) is 0 Å². The number of halogens is 2. The molecule has 2 aromatic heterocycles. The Balaban J connectivity index is 2.28. The maximum absolute atomic E-state index is 12.8. The number of anilines is 2. The van der Waals surface area contributed by atoms with E-state index in [0.29, 0.717) is 4.88 Å². The number of carbonyl (C=O) groups is 1. The van der Waals surface area contributed by atoms with Gasteiger partial charge >= 0.3 is 5.97 Å². The molecule has 0 aromatic carbocycles. The summed E-state index contributed by atoms with van der Waals surface area (Å²) in [6, 6.07) is 1.97. The highest BCUT2D eigenvalue weighted by atomic mass is 32.1. The van der Waals surface area contributed by atoms with Gasteiger partial charge in [0, 0.05) is 22.7 Å². The molecule has 94 valence electrons. The van der Waals surface area contributed by atoms with Crippen molar-refractivity contribution >= 4 is 28.1 Å². The normalized spacial score (nSPS) is 10.4. The van der Waals surface area contributed by atoms with Gasteiger partial charge < -0.3 is 10.4 Å². The third-order valence-corrected chi connectivity index (χ3v) is 2.90. The molecule has 0 radical (unpaired) electrons. The van der Waals surface area contributed by atoms with Crippen molar-refractivity contribution in [3.05, 3.63) is 34.6 Å². The second-order valence-electron chi connectivity index (χ2n) is 3.36. The first-order valence-electron chi connectivity index (χ1n) is 4.76. The molecule has 18 heavy (non-hydrogen) atoms. The molecule has 0 unspecified atom stereocenters. The Bertz CT molecular complexity index is 595. The molecule has 2 heterocycles. The van der Waals surface area contributed by atoms with Crippen LogP contribution in [0.3, 0.4) is 0 Å². The highest BCUT2D eigenvalue weighted by Crippen LogP contribution is 2.25. The summed E-state index contributed by atoms with van der Waals surface area (Å²) in [6.07, 6.45) is 0. The van der Waals surface area contributed by atoms with Gasteiger partial charge in [0.25, 0.3) is 0 Å². The number of aromatic nitrogens is 2. The lowest BCUT2D eigenvalue weighted by Crippen LogP contribution is -1.99. The van der Waals surface area contributed by atoms with Crippen LogP contribution >= 0.6 is 11.3 Å². The minimum Gasteiger partial charge on any atom is -0.476 e. The molecule has 5 nitrogen and oxygen atoms in total. The van der Waals surface area contributed by atoms with E-state index >= 15 is 0 Å². The van der Waals surface area contributed by atoms with Gasteiger partial charge in [-0.05, 0) is 6.92 Å². The van der Waals surface area contributed by atoms with Crippen LogP contribution in [0, 0.1) is 18.8 Å². The van der Waals surface area contributed by atoms with Gasteiger partial charge in [0.2, 0.25) is 11.9 Å². The molecular formula is C10H7F2N3O2S. The molecule has 0 aliphatic rings. The smallest absolute Gasteiger partial charge is 0.355 e. The van der Waals surface area contributed by atoms with Gasteiger partial charge in [-0.2, -0.15) is 13.8 Å². The molecule has 2 N–H and O–H groups in total. The third kappa shape index (κ3) is 2.59. The number of pyridine rings is 1. The number of carboxylic acid groups (broad SMARTS) is 1. The van der Waals surface area contributed by atoms with Gasteiger partial charge in [0.15, 0.2) is 10.8 Å². The zero-order chi connectivity index (χ0) is 13.3. The average molecular weight is 271 g/mol. The first kappa shape index (κ1) is 12.4. The molecule has 2 aromatic rings. The minimum atomic E-state index is -1.15. The molecule has 0 atom stereocenters. The predicted molar refractivity (Wildman–Crippen MR) is 61.2 cm³/mol. The minimum absolute atomic E-state index is 0.0856. The van der Waals surface area contributed by atoms with Crippen LogP contribution < -0.4 is 5.32 Å². The van der Waals surface area contributed by atoms with Gasteiger partial charge in [-0.25, -0.2) is 9.78 Å². The van der Waals surface area contributed by atoms with Crippen molar-refractivity contribution in [2.75, 3.05) is 5.32 Å². The lowest BCUT2D eigenvalue weighted by atomic mass is 10.4. The maximum atomic E-state index is 12.8. The van der Waals surface area contributed by atoms with Crippen LogP contribution in [0.1, 0.15) is 15.4 Å². The molecule has 0 aliphatic carbocycles. The zero-order valence-corrected chi connectivity index (χ0v) is 9.89. The second kappa shape index (κ2) is 4.65. The average Bonchev–Trinajstić information content (AvgIpc) is 2.57. The van der Waals surface area contributed by atoms with E-state index in [0.717, 1.165) is 23.5 Å². The van der Waals surface area contributed by atoms with Gasteiger partial charge in [0.05, 0.1) is 0 Å². The maximum Gasteiger partial charge on any atom is 0.355 e. The van der Waals surface area contributed by atoms with E-state index in [2.05, 4.69) is 15.3 Å². The van der Waals surface area contributed by atoms with Crippen LogP contribution in [0.15, 0.2) is 12.1 Å². The van der Waals surface area contributed by atoms with E-state index in [4.69, 9.17) is 5.11 Å². The molecule has 2 rings (SSSR count). The monoisotopic (exact) mass is 271 g/mol. The Hall–Kier alpha value is -2.09. The first-order chi connectivity index (χ1) is 8.45. The summed E-state index contributed by atoms with van der Waals surface area (Å²) in [4.78, 5) is 18.0. The Morgan fingerprint density at radius 1 is 1.33 bits per heavy atom. The lowest BCUT2D eigenvalue weighted by Gasteiger charge is -2.01. The van der Waals surface area contributed by atoms with Crippen molar-refractivity contribution in [2.45, 2.75) is 6.92 Å². The highest BCUT2D eigenvalue weighted by molar-refractivity contribution is 7.15. The van der Waals surface area contributed by atoms with Crippen molar-refractivity contribution in [2.24, 2.45) is 0 Å². The molecule has 8 heteroatoms. The van der Waals surface area contributed by atoms with Crippen LogP contribution in [0.25, 0.3) is 0 Å². The van der Waals surface area contributed by atoms with E-state index in [1.54, 1.807) is 6.92 Å². The van der Waals surface area contributed by atoms with Crippen molar-refractivity contribution in [3.63, 3.8) is 0 Å². The van der Waals surface area contributed by atoms with Gasteiger partial charge in [0.1, 0.15) is 0 Å². The fourth-order valence-electron chi connectivity index (χ4n) is 1.31. The summed E-state index contributed by atoms with van der Waals surface area (Å²) in [6.45, 7) is 1.60. The predicted octanol–water partition coefficient (Wildman–Crippen LogP) is 2.57. The largest absolute Gasteiger partial charge is 0.476 e. The lowest BCUT2D eigenvalue weighted by molar-refractivity contribution is 0.0690. The Labute approximate surface area is 104 Å². The number of nitrogens with one attached hydrogen (secondary N) is 1. The molecule has 0 saturated carbocycles. The van der Waals surface area contributed by atoms with Gasteiger partial charge in [-0.3, -0.25) is 0 Å². The van der Waals surface area contributed by atoms with E-state index in [1.165, 1.54) is 0 Å². The van der Waals surface area contributed by atoms with Crippen LogP contribution in [-0.4, -0.2) is 21.0 Å². The van der Waals surface area contributed by atoms with Gasteiger partial charge in [-0.1, -0.05) is 0 Å². The number of aromatic carboxylic acids is 1. The second-order valence-corrected chi connectivity index (χ2v) is 4.56.